The van der Waals surface area contributed by atoms with E-state index in [-0.39, 0.29) is 11.3 Å². The molecule has 0 fully saturated rings. The van der Waals surface area contributed by atoms with Crippen LogP contribution in [0.15, 0.2) is 24.3 Å². The van der Waals surface area contributed by atoms with E-state index in [9.17, 15) is 4.79 Å². The lowest BCUT2D eigenvalue weighted by Crippen LogP contribution is -2.33. The summed E-state index contributed by atoms with van der Waals surface area (Å²) in [6.45, 7) is 10.0. The van der Waals surface area contributed by atoms with E-state index in [0.29, 0.717) is 24.6 Å². The zero-order valence-electron chi connectivity index (χ0n) is 12.5. The minimum Gasteiger partial charge on any atom is -0.352 e. The highest BCUT2D eigenvalue weighted by atomic mass is 16.1. The maximum Gasteiger partial charge on any atom is 0.251 e. The molecule has 0 saturated carbocycles. The Morgan fingerprint density at radius 2 is 2.05 bits per heavy atom. The molecule has 19 heavy (non-hydrogen) atoms. The van der Waals surface area contributed by atoms with Crippen molar-refractivity contribution in [1.82, 2.24) is 5.32 Å². The van der Waals surface area contributed by atoms with Gasteiger partial charge < -0.3 is 11.1 Å². The Bertz CT molecular complexity index is 421. The molecule has 1 amide bonds. The summed E-state index contributed by atoms with van der Waals surface area (Å²) in [5.74, 6) is 0.429. The maximum absolute atomic E-state index is 12.1. The van der Waals surface area contributed by atoms with E-state index < -0.39 is 0 Å². The van der Waals surface area contributed by atoms with Crippen molar-refractivity contribution in [3.05, 3.63) is 35.4 Å². The molecule has 0 bridgehead atoms. The summed E-state index contributed by atoms with van der Waals surface area (Å²) >= 11 is 0. The van der Waals surface area contributed by atoms with Gasteiger partial charge in [-0.3, -0.25) is 4.79 Å². The van der Waals surface area contributed by atoms with Crippen molar-refractivity contribution in [2.75, 3.05) is 13.1 Å². The Kier molecular flexibility index (Phi) is 5.55. The van der Waals surface area contributed by atoms with Gasteiger partial charge in [-0.2, -0.15) is 0 Å². The standard InChI is InChI=1S/C16H26N2O/c1-12(16(2,3)4)11-18-15(19)14-7-5-6-13(10-14)8-9-17/h5-7,10,12H,8-9,11,17H2,1-4H3,(H,18,19). The van der Waals surface area contributed by atoms with Gasteiger partial charge in [-0.05, 0) is 42.0 Å². The van der Waals surface area contributed by atoms with Gasteiger partial charge in [0.25, 0.3) is 5.91 Å². The van der Waals surface area contributed by atoms with Crippen LogP contribution in [0.3, 0.4) is 0 Å². The first kappa shape index (κ1) is 15.7. The van der Waals surface area contributed by atoms with E-state index in [0.717, 1.165) is 12.0 Å². The summed E-state index contributed by atoms with van der Waals surface area (Å²) in [4.78, 5) is 12.1. The molecule has 0 aromatic heterocycles. The van der Waals surface area contributed by atoms with Gasteiger partial charge in [-0.1, -0.05) is 39.8 Å². The van der Waals surface area contributed by atoms with Crippen LogP contribution in [0.1, 0.15) is 43.6 Å². The fraction of sp³-hybridized carbons (Fsp3) is 0.562. The van der Waals surface area contributed by atoms with Crippen LogP contribution in [0.2, 0.25) is 0 Å². The second-order valence-electron chi connectivity index (χ2n) is 6.22. The topological polar surface area (TPSA) is 55.1 Å². The summed E-state index contributed by atoms with van der Waals surface area (Å²) in [6, 6.07) is 7.68. The SMILES string of the molecule is CC(CNC(=O)c1cccc(CCN)c1)C(C)(C)C. The van der Waals surface area contributed by atoms with Crippen molar-refractivity contribution in [2.24, 2.45) is 17.1 Å². The molecule has 3 N–H and O–H groups in total. The van der Waals surface area contributed by atoms with E-state index in [1.54, 1.807) is 0 Å². The number of hydrogen-bond acceptors (Lipinski definition) is 2. The van der Waals surface area contributed by atoms with Crippen LogP contribution in [0, 0.1) is 11.3 Å². The average molecular weight is 262 g/mol. The van der Waals surface area contributed by atoms with Gasteiger partial charge in [-0.15, -0.1) is 0 Å². The molecule has 0 spiro atoms. The molecule has 106 valence electrons. The Morgan fingerprint density at radius 3 is 2.63 bits per heavy atom. The van der Waals surface area contributed by atoms with Crippen LogP contribution in [0.5, 0.6) is 0 Å². The van der Waals surface area contributed by atoms with Crippen molar-refractivity contribution in [1.29, 1.82) is 0 Å². The highest BCUT2D eigenvalue weighted by molar-refractivity contribution is 5.94. The third-order valence-corrected chi connectivity index (χ3v) is 3.67. The smallest absolute Gasteiger partial charge is 0.251 e. The van der Waals surface area contributed by atoms with Crippen molar-refractivity contribution in [3.8, 4) is 0 Å². The number of rotatable bonds is 5. The molecule has 1 atom stereocenters. The van der Waals surface area contributed by atoms with Gasteiger partial charge in [0.1, 0.15) is 0 Å². The normalized spacial score (nSPS) is 13.1. The molecule has 1 unspecified atom stereocenters. The lowest BCUT2D eigenvalue weighted by molar-refractivity contribution is 0.0937. The van der Waals surface area contributed by atoms with Crippen LogP contribution in [-0.4, -0.2) is 19.0 Å². The molecule has 0 heterocycles. The number of carbonyl (C=O) groups excluding carboxylic acids is 1. The van der Waals surface area contributed by atoms with Crippen LogP contribution < -0.4 is 11.1 Å². The number of benzene rings is 1. The third-order valence-electron chi connectivity index (χ3n) is 3.67. The number of nitrogens with one attached hydrogen (secondary N) is 1. The predicted octanol–water partition coefficient (Wildman–Crippen LogP) is 2.60. The zero-order chi connectivity index (χ0) is 14.5. The maximum atomic E-state index is 12.1. The molecule has 0 radical (unpaired) electrons. The quantitative estimate of drug-likeness (QED) is 0.857. The summed E-state index contributed by atoms with van der Waals surface area (Å²) < 4.78 is 0. The molecular formula is C16H26N2O. The van der Waals surface area contributed by atoms with Crippen LogP contribution >= 0.6 is 0 Å². The van der Waals surface area contributed by atoms with Crippen molar-refractivity contribution in [2.45, 2.75) is 34.1 Å². The summed E-state index contributed by atoms with van der Waals surface area (Å²) in [5.41, 5.74) is 7.56. The molecule has 0 aliphatic rings. The number of nitrogens with two attached hydrogens (primary N) is 1. The molecule has 3 heteroatoms. The predicted molar refractivity (Wildman–Crippen MR) is 80.2 cm³/mol. The van der Waals surface area contributed by atoms with Gasteiger partial charge in [0, 0.05) is 12.1 Å². The van der Waals surface area contributed by atoms with Crippen molar-refractivity contribution in [3.63, 3.8) is 0 Å². The largest absolute Gasteiger partial charge is 0.352 e. The Hall–Kier alpha value is -1.35. The van der Waals surface area contributed by atoms with Crippen LogP contribution in [0.4, 0.5) is 0 Å². The minimum atomic E-state index is -0.00466. The molecule has 1 aromatic carbocycles. The molecule has 0 aliphatic carbocycles. The number of amides is 1. The van der Waals surface area contributed by atoms with Gasteiger partial charge in [0.15, 0.2) is 0 Å². The summed E-state index contributed by atoms with van der Waals surface area (Å²) in [6.07, 6.45) is 0.805. The number of carbonyl (C=O) groups is 1. The second-order valence-corrected chi connectivity index (χ2v) is 6.22. The van der Waals surface area contributed by atoms with Crippen molar-refractivity contribution < 1.29 is 4.79 Å². The molecule has 0 saturated heterocycles. The zero-order valence-corrected chi connectivity index (χ0v) is 12.5. The Labute approximate surface area is 116 Å². The van der Waals surface area contributed by atoms with Crippen LogP contribution in [0.25, 0.3) is 0 Å². The Morgan fingerprint density at radius 1 is 1.37 bits per heavy atom. The molecule has 1 rings (SSSR count). The third kappa shape index (κ3) is 5.03. The first-order chi connectivity index (χ1) is 8.84. The monoisotopic (exact) mass is 262 g/mol. The van der Waals surface area contributed by atoms with Gasteiger partial charge in [0.05, 0.1) is 0 Å². The van der Waals surface area contributed by atoms with E-state index >= 15 is 0 Å². The summed E-state index contributed by atoms with van der Waals surface area (Å²) in [7, 11) is 0. The van der Waals surface area contributed by atoms with Crippen molar-refractivity contribution >= 4 is 5.91 Å². The summed E-state index contributed by atoms with van der Waals surface area (Å²) in [5, 5.41) is 3.00. The van der Waals surface area contributed by atoms with E-state index in [1.165, 1.54) is 0 Å². The van der Waals surface area contributed by atoms with E-state index in [2.05, 4.69) is 33.0 Å². The molecular weight excluding hydrogens is 236 g/mol. The number of hydrogen-bond donors (Lipinski definition) is 2. The lowest BCUT2D eigenvalue weighted by atomic mass is 9.82. The highest BCUT2D eigenvalue weighted by Crippen LogP contribution is 2.24. The average Bonchev–Trinajstić information content (AvgIpc) is 2.35. The van der Waals surface area contributed by atoms with Crippen LogP contribution in [-0.2, 0) is 6.42 Å². The minimum absolute atomic E-state index is 0.00466. The lowest BCUT2D eigenvalue weighted by Gasteiger charge is -2.27. The fourth-order valence-corrected chi connectivity index (χ4v) is 1.69. The highest BCUT2D eigenvalue weighted by Gasteiger charge is 2.20. The first-order valence-corrected chi connectivity index (χ1v) is 6.92. The Balaban J connectivity index is 2.61. The van der Waals surface area contributed by atoms with Gasteiger partial charge in [-0.25, -0.2) is 0 Å². The molecule has 3 nitrogen and oxygen atoms in total. The van der Waals surface area contributed by atoms with E-state index in [1.807, 2.05) is 24.3 Å². The first-order valence-electron chi connectivity index (χ1n) is 6.92. The second kappa shape index (κ2) is 6.71. The molecule has 0 aliphatic heterocycles. The fourth-order valence-electron chi connectivity index (χ4n) is 1.69. The van der Waals surface area contributed by atoms with Gasteiger partial charge in [0.2, 0.25) is 0 Å². The van der Waals surface area contributed by atoms with E-state index in [4.69, 9.17) is 5.73 Å². The molecule has 1 aromatic rings. The van der Waals surface area contributed by atoms with Gasteiger partial charge >= 0.3 is 0 Å².